The third-order valence-electron chi connectivity index (χ3n) is 5.59. The molecule has 1 unspecified atom stereocenters. The fourth-order valence-electron chi connectivity index (χ4n) is 4.05. The van der Waals surface area contributed by atoms with Crippen molar-refractivity contribution in [2.24, 2.45) is 0 Å². The number of amides is 3. The summed E-state index contributed by atoms with van der Waals surface area (Å²) in [6.07, 6.45) is 1.73. The predicted molar refractivity (Wildman–Crippen MR) is 136 cm³/mol. The molecule has 2 N–H and O–H groups in total. The lowest BCUT2D eigenvalue weighted by atomic mass is 9.95. The molecule has 35 heavy (non-hydrogen) atoms. The van der Waals surface area contributed by atoms with E-state index in [9.17, 15) is 14.4 Å². The molecule has 0 aliphatic carbocycles. The van der Waals surface area contributed by atoms with Crippen LogP contribution in [0.1, 0.15) is 23.6 Å². The van der Waals surface area contributed by atoms with Gasteiger partial charge in [0.15, 0.2) is 0 Å². The van der Waals surface area contributed by atoms with Crippen LogP contribution < -0.4 is 15.5 Å². The number of nitrogens with one attached hydrogen (secondary N) is 2. The van der Waals surface area contributed by atoms with Gasteiger partial charge < -0.3 is 15.4 Å². The summed E-state index contributed by atoms with van der Waals surface area (Å²) in [6.45, 7) is 3.58. The molecular formula is C28H27N3O4. The number of carbonyl (C=O) groups excluding carboxylic acids is 3. The van der Waals surface area contributed by atoms with Crippen molar-refractivity contribution in [2.75, 3.05) is 23.4 Å². The lowest BCUT2D eigenvalue weighted by Gasteiger charge is -2.25. The Kier molecular flexibility index (Phi) is 7.26. The summed E-state index contributed by atoms with van der Waals surface area (Å²) >= 11 is 0. The summed E-state index contributed by atoms with van der Waals surface area (Å²) < 4.78 is 5.12. The highest BCUT2D eigenvalue weighted by Crippen LogP contribution is 2.35. The van der Waals surface area contributed by atoms with Gasteiger partial charge in [0, 0.05) is 11.3 Å². The van der Waals surface area contributed by atoms with Gasteiger partial charge in [-0.2, -0.15) is 0 Å². The first-order valence-electron chi connectivity index (χ1n) is 11.4. The molecule has 178 valence electrons. The van der Waals surface area contributed by atoms with Crippen molar-refractivity contribution in [3.05, 3.63) is 102 Å². The molecule has 1 aliphatic heterocycles. The molecule has 0 saturated heterocycles. The van der Waals surface area contributed by atoms with E-state index in [2.05, 4.69) is 10.6 Å². The largest absolute Gasteiger partial charge is 0.465 e. The molecule has 0 radical (unpaired) electrons. The monoisotopic (exact) mass is 469 g/mol. The number of urea groups is 1. The lowest BCUT2D eigenvalue weighted by molar-refractivity contribution is -0.142. The number of esters is 1. The molecule has 3 aromatic carbocycles. The fraction of sp³-hybridized carbons (Fsp3) is 0.179. The molecule has 0 fully saturated rings. The van der Waals surface area contributed by atoms with Gasteiger partial charge in [-0.25, -0.2) is 4.79 Å². The quantitative estimate of drug-likeness (QED) is 0.520. The van der Waals surface area contributed by atoms with E-state index in [1.807, 2.05) is 73.7 Å². The third kappa shape index (κ3) is 5.58. The summed E-state index contributed by atoms with van der Waals surface area (Å²) in [4.78, 5) is 40.4. The van der Waals surface area contributed by atoms with E-state index >= 15 is 0 Å². The molecule has 3 aromatic rings. The van der Waals surface area contributed by atoms with Gasteiger partial charge in [-0.1, -0.05) is 60.7 Å². The highest BCUT2D eigenvalue weighted by atomic mass is 16.5. The number of benzene rings is 3. The zero-order valence-corrected chi connectivity index (χ0v) is 19.7. The molecule has 0 bridgehead atoms. The standard InChI is InChI=1S/C28H27N3O4/c1-3-35-26(32)18-31-25-15-8-7-14-22(25)23(20-11-5-4-6-12-20)17-24(27(31)33)30-28(34)29-21-13-9-10-19(2)16-21/h4-17,24H,3,18H2,1-2H3,(H2,29,30,34). The van der Waals surface area contributed by atoms with Crippen molar-refractivity contribution in [3.63, 3.8) is 0 Å². The Hall–Kier alpha value is -4.39. The molecule has 3 amide bonds. The van der Waals surface area contributed by atoms with Crippen LogP contribution in [0.3, 0.4) is 0 Å². The number of aryl methyl sites for hydroxylation is 1. The average Bonchev–Trinajstić information content (AvgIpc) is 2.95. The molecule has 7 heteroatoms. The van der Waals surface area contributed by atoms with Crippen molar-refractivity contribution in [1.82, 2.24) is 5.32 Å². The van der Waals surface area contributed by atoms with Gasteiger partial charge in [0.05, 0.1) is 12.3 Å². The molecule has 4 rings (SSSR count). The van der Waals surface area contributed by atoms with Crippen LogP contribution in [0.15, 0.2) is 84.9 Å². The van der Waals surface area contributed by atoms with Crippen molar-refractivity contribution in [1.29, 1.82) is 0 Å². The summed E-state index contributed by atoms with van der Waals surface area (Å²) in [5.41, 5.74) is 4.63. The van der Waals surface area contributed by atoms with Crippen molar-refractivity contribution < 1.29 is 19.1 Å². The van der Waals surface area contributed by atoms with Crippen LogP contribution in [0.25, 0.3) is 5.57 Å². The number of ether oxygens (including phenoxy) is 1. The maximum absolute atomic E-state index is 13.7. The number of fused-ring (bicyclic) bond motifs is 1. The number of hydrogen-bond acceptors (Lipinski definition) is 4. The normalized spacial score (nSPS) is 14.9. The first-order chi connectivity index (χ1) is 17.0. The highest BCUT2D eigenvalue weighted by molar-refractivity contribution is 6.09. The molecule has 1 atom stereocenters. The van der Waals surface area contributed by atoms with Crippen molar-refractivity contribution in [2.45, 2.75) is 19.9 Å². The van der Waals surface area contributed by atoms with Gasteiger partial charge in [-0.3, -0.25) is 14.5 Å². The van der Waals surface area contributed by atoms with Crippen LogP contribution in [0, 0.1) is 6.92 Å². The molecule has 0 aromatic heterocycles. The van der Waals surface area contributed by atoms with Gasteiger partial charge in [0.1, 0.15) is 12.6 Å². The molecule has 0 saturated carbocycles. The average molecular weight is 470 g/mol. The van der Waals surface area contributed by atoms with Crippen LogP contribution >= 0.6 is 0 Å². The van der Waals surface area contributed by atoms with Crippen LogP contribution in [0.4, 0.5) is 16.2 Å². The number of hydrogen-bond donors (Lipinski definition) is 2. The smallest absolute Gasteiger partial charge is 0.326 e. The van der Waals surface area contributed by atoms with Gasteiger partial charge in [0.25, 0.3) is 5.91 Å². The minimum absolute atomic E-state index is 0.205. The van der Waals surface area contributed by atoms with Crippen LogP contribution in [0.2, 0.25) is 0 Å². The summed E-state index contributed by atoms with van der Waals surface area (Å²) in [6, 6.07) is 22.8. The minimum atomic E-state index is -1.02. The molecular weight excluding hydrogens is 442 g/mol. The lowest BCUT2D eigenvalue weighted by Crippen LogP contribution is -2.50. The van der Waals surface area contributed by atoms with E-state index < -0.39 is 23.9 Å². The number of nitrogens with zero attached hydrogens (tertiary/aromatic N) is 1. The fourth-order valence-corrected chi connectivity index (χ4v) is 4.05. The van der Waals surface area contributed by atoms with E-state index in [-0.39, 0.29) is 13.2 Å². The van der Waals surface area contributed by atoms with Crippen molar-refractivity contribution >= 4 is 34.9 Å². The SMILES string of the molecule is CCOC(=O)CN1C(=O)C(NC(=O)Nc2cccc(C)c2)C=C(c2ccccc2)c2ccccc21. The first kappa shape index (κ1) is 23.8. The number of anilines is 2. The second-order valence-electron chi connectivity index (χ2n) is 8.14. The summed E-state index contributed by atoms with van der Waals surface area (Å²) in [7, 11) is 0. The van der Waals surface area contributed by atoms with Crippen LogP contribution in [-0.4, -0.2) is 37.1 Å². The van der Waals surface area contributed by atoms with Crippen LogP contribution in [0.5, 0.6) is 0 Å². The van der Waals surface area contributed by atoms with E-state index in [1.54, 1.807) is 25.1 Å². The van der Waals surface area contributed by atoms with Gasteiger partial charge >= 0.3 is 12.0 Å². The van der Waals surface area contributed by atoms with E-state index in [4.69, 9.17) is 4.74 Å². The zero-order valence-electron chi connectivity index (χ0n) is 19.7. The summed E-state index contributed by atoms with van der Waals surface area (Å²) in [5, 5.41) is 5.56. The Morgan fingerprint density at radius 1 is 0.971 bits per heavy atom. The van der Waals surface area contributed by atoms with Gasteiger partial charge in [-0.15, -0.1) is 0 Å². The van der Waals surface area contributed by atoms with Crippen LogP contribution in [-0.2, 0) is 14.3 Å². The Bertz CT molecular complexity index is 1270. The second-order valence-corrected chi connectivity index (χ2v) is 8.14. The number of rotatable bonds is 6. The first-order valence-corrected chi connectivity index (χ1v) is 11.4. The minimum Gasteiger partial charge on any atom is -0.465 e. The van der Waals surface area contributed by atoms with E-state index in [0.29, 0.717) is 11.4 Å². The maximum atomic E-state index is 13.7. The number of carbonyl (C=O) groups is 3. The molecule has 7 nitrogen and oxygen atoms in total. The Morgan fingerprint density at radius 2 is 1.71 bits per heavy atom. The molecule has 1 aliphatic rings. The Labute approximate surface area is 204 Å². The summed E-state index contributed by atoms with van der Waals surface area (Å²) in [5.74, 6) is -0.961. The zero-order chi connectivity index (χ0) is 24.8. The Balaban J connectivity index is 1.73. The number of para-hydroxylation sites is 1. The molecule has 1 heterocycles. The van der Waals surface area contributed by atoms with Crippen molar-refractivity contribution in [3.8, 4) is 0 Å². The maximum Gasteiger partial charge on any atom is 0.326 e. The van der Waals surface area contributed by atoms with Gasteiger partial charge in [-0.05, 0) is 54.8 Å². The topological polar surface area (TPSA) is 87.7 Å². The molecule has 0 spiro atoms. The highest BCUT2D eigenvalue weighted by Gasteiger charge is 2.33. The third-order valence-corrected chi connectivity index (χ3v) is 5.59. The predicted octanol–water partition coefficient (Wildman–Crippen LogP) is 4.53. The second kappa shape index (κ2) is 10.7. The van der Waals surface area contributed by atoms with E-state index in [1.165, 1.54) is 4.90 Å². The van der Waals surface area contributed by atoms with E-state index in [0.717, 1.165) is 22.3 Å². The Morgan fingerprint density at radius 3 is 2.46 bits per heavy atom. The van der Waals surface area contributed by atoms with Gasteiger partial charge in [0.2, 0.25) is 0 Å².